The maximum Gasteiger partial charge on any atom is 0.292 e. The molecular weight excluding hydrogens is 330 g/mol. The Bertz CT molecular complexity index is 827. The van der Waals surface area contributed by atoms with Crippen LogP contribution in [0.4, 0.5) is 0 Å². The molecule has 5 nitrogen and oxygen atoms in total. The number of Topliss-reactive ketones (excluding diaryl/α,β-unsaturated/α-hetero) is 1. The number of hydrogen-bond donors (Lipinski definition) is 1. The highest BCUT2D eigenvalue weighted by atomic mass is 16.5. The van der Waals surface area contributed by atoms with Crippen LogP contribution in [-0.4, -0.2) is 25.8 Å². The predicted molar refractivity (Wildman–Crippen MR) is 101 cm³/mol. The van der Waals surface area contributed by atoms with Crippen molar-refractivity contribution in [2.24, 2.45) is 0 Å². The van der Waals surface area contributed by atoms with E-state index in [1.807, 2.05) is 13.0 Å². The third-order valence-corrected chi connectivity index (χ3v) is 4.42. The molecule has 0 atom stereocenters. The molecule has 2 aromatic rings. The predicted octanol–water partition coefficient (Wildman–Crippen LogP) is 3.38. The van der Waals surface area contributed by atoms with Crippen LogP contribution in [0.25, 0.3) is 0 Å². The van der Waals surface area contributed by atoms with E-state index in [0.29, 0.717) is 11.3 Å². The molecule has 0 aromatic heterocycles. The number of rotatable bonds is 7. The van der Waals surface area contributed by atoms with Gasteiger partial charge in [0.15, 0.2) is 0 Å². The molecule has 0 fully saturated rings. The second-order valence-corrected chi connectivity index (χ2v) is 6.08. The fraction of sp³-hybridized carbons (Fsp3) is 0.333. The quantitative estimate of drug-likeness (QED) is 0.611. The van der Waals surface area contributed by atoms with E-state index in [1.165, 1.54) is 19.7 Å². The summed E-state index contributed by atoms with van der Waals surface area (Å²) in [6.45, 7) is 6.29. The van der Waals surface area contributed by atoms with E-state index in [1.54, 1.807) is 18.2 Å². The number of methoxy groups -OCH3 is 1. The summed E-state index contributed by atoms with van der Waals surface area (Å²) in [4.78, 5) is 24.1. The van der Waals surface area contributed by atoms with E-state index in [0.717, 1.165) is 23.3 Å². The fourth-order valence-electron chi connectivity index (χ4n) is 2.89. The van der Waals surface area contributed by atoms with Crippen LogP contribution in [-0.2, 0) is 17.8 Å². The maximum atomic E-state index is 12.4. The molecular formula is C21H25NO4. The zero-order chi connectivity index (χ0) is 19.3. The lowest BCUT2D eigenvalue weighted by atomic mass is 10.0. The number of nitrogens with one attached hydrogen (secondary N) is 1. The van der Waals surface area contributed by atoms with E-state index in [4.69, 9.17) is 9.47 Å². The van der Waals surface area contributed by atoms with Crippen molar-refractivity contribution in [3.63, 3.8) is 0 Å². The summed E-state index contributed by atoms with van der Waals surface area (Å²) in [6, 6.07) is 9.16. The molecule has 5 heteroatoms. The lowest BCUT2D eigenvalue weighted by molar-refractivity contribution is -0.116. The maximum absolute atomic E-state index is 12.4. The second kappa shape index (κ2) is 8.52. The van der Waals surface area contributed by atoms with Gasteiger partial charge in [0.05, 0.1) is 7.11 Å². The standard InChI is InChI=1S/C21H25NO4/c1-6-15-10-14(3)19(11-13(15)2)26-12-17-16(20(23)21(24)22-4)8-7-9-18(17)25-5/h7-11H,6,12H2,1-5H3,(H,22,24). The summed E-state index contributed by atoms with van der Waals surface area (Å²) in [5, 5.41) is 2.36. The van der Waals surface area contributed by atoms with Gasteiger partial charge in [0.25, 0.3) is 11.7 Å². The van der Waals surface area contributed by atoms with Crippen LogP contribution in [0.5, 0.6) is 11.5 Å². The Morgan fingerprint density at radius 3 is 2.42 bits per heavy atom. The third kappa shape index (κ3) is 4.04. The Labute approximate surface area is 154 Å². The summed E-state index contributed by atoms with van der Waals surface area (Å²) in [6.07, 6.45) is 0.963. The number of carbonyl (C=O) groups is 2. The van der Waals surface area contributed by atoms with Crippen LogP contribution in [0, 0.1) is 13.8 Å². The molecule has 2 aromatic carbocycles. The largest absolute Gasteiger partial charge is 0.496 e. The Balaban J connectivity index is 2.36. The van der Waals surface area contributed by atoms with E-state index in [9.17, 15) is 9.59 Å². The molecule has 0 aliphatic carbocycles. The highest BCUT2D eigenvalue weighted by molar-refractivity contribution is 6.43. The monoisotopic (exact) mass is 355 g/mol. The van der Waals surface area contributed by atoms with Gasteiger partial charge in [0, 0.05) is 18.2 Å². The molecule has 0 bridgehead atoms. The minimum Gasteiger partial charge on any atom is -0.496 e. The molecule has 2 rings (SSSR count). The molecule has 0 radical (unpaired) electrons. The first kappa shape index (κ1) is 19.5. The number of likely N-dealkylation sites (N-methyl/N-ethyl adjacent to an activating group) is 1. The van der Waals surface area contributed by atoms with Crippen molar-refractivity contribution in [2.75, 3.05) is 14.2 Å². The summed E-state index contributed by atoms with van der Waals surface area (Å²) in [5.74, 6) is -0.0127. The molecule has 0 heterocycles. The Kier molecular flexibility index (Phi) is 6.39. The number of aryl methyl sites for hydroxylation is 3. The lowest BCUT2D eigenvalue weighted by Gasteiger charge is -2.16. The first-order chi connectivity index (χ1) is 12.4. The van der Waals surface area contributed by atoms with Crippen molar-refractivity contribution in [3.05, 3.63) is 58.1 Å². The number of hydrogen-bond acceptors (Lipinski definition) is 4. The highest BCUT2D eigenvalue weighted by Crippen LogP contribution is 2.28. The van der Waals surface area contributed by atoms with E-state index in [-0.39, 0.29) is 12.2 Å². The second-order valence-electron chi connectivity index (χ2n) is 6.08. The van der Waals surface area contributed by atoms with Crippen LogP contribution < -0.4 is 14.8 Å². The third-order valence-electron chi connectivity index (χ3n) is 4.42. The molecule has 0 saturated carbocycles. The van der Waals surface area contributed by atoms with Crippen LogP contribution in [0.1, 0.15) is 39.5 Å². The average molecular weight is 355 g/mol. The first-order valence-corrected chi connectivity index (χ1v) is 8.58. The summed E-state index contributed by atoms with van der Waals surface area (Å²) < 4.78 is 11.4. The number of benzene rings is 2. The molecule has 1 N–H and O–H groups in total. The minimum atomic E-state index is -0.668. The van der Waals surface area contributed by atoms with E-state index >= 15 is 0 Å². The van der Waals surface area contributed by atoms with Crippen LogP contribution in [0.15, 0.2) is 30.3 Å². The molecule has 0 saturated heterocycles. The number of ether oxygens (including phenoxy) is 2. The molecule has 1 amide bonds. The molecule has 0 spiro atoms. The normalized spacial score (nSPS) is 10.3. The van der Waals surface area contributed by atoms with Gasteiger partial charge in [-0.3, -0.25) is 9.59 Å². The topological polar surface area (TPSA) is 64.6 Å². The van der Waals surface area contributed by atoms with Crippen LogP contribution in [0.2, 0.25) is 0 Å². The highest BCUT2D eigenvalue weighted by Gasteiger charge is 2.21. The number of carbonyl (C=O) groups excluding carboxylic acids is 2. The van der Waals surface area contributed by atoms with Gasteiger partial charge in [-0.15, -0.1) is 0 Å². The zero-order valence-corrected chi connectivity index (χ0v) is 15.9. The fourth-order valence-corrected chi connectivity index (χ4v) is 2.89. The Hall–Kier alpha value is -2.82. The average Bonchev–Trinajstić information content (AvgIpc) is 2.66. The van der Waals surface area contributed by atoms with Crippen LogP contribution in [0.3, 0.4) is 0 Å². The molecule has 0 aliphatic rings. The van der Waals surface area contributed by atoms with Gasteiger partial charge in [0.2, 0.25) is 0 Å². The van der Waals surface area contributed by atoms with Crippen molar-refractivity contribution in [1.82, 2.24) is 5.32 Å². The summed E-state index contributed by atoms with van der Waals surface area (Å²) in [5.41, 5.74) is 4.31. The molecule has 138 valence electrons. The molecule has 0 aliphatic heterocycles. The number of ketones is 1. The first-order valence-electron chi connectivity index (χ1n) is 8.58. The van der Waals surface area contributed by atoms with Crippen molar-refractivity contribution < 1.29 is 19.1 Å². The van der Waals surface area contributed by atoms with Gasteiger partial charge in [0.1, 0.15) is 18.1 Å². The zero-order valence-electron chi connectivity index (χ0n) is 15.9. The molecule has 0 unspecified atom stereocenters. The van der Waals surface area contributed by atoms with Gasteiger partial charge >= 0.3 is 0 Å². The molecule has 26 heavy (non-hydrogen) atoms. The minimum absolute atomic E-state index is 0.133. The SMILES string of the molecule is CCc1cc(C)c(OCc2c(OC)cccc2C(=O)C(=O)NC)cc1C. The van der Waals surface area contributed by atoms with Crippen molar-refractivity contribution >= 4 is 11.7 Å². The summed E-state index contributed by atoms with van der Waals surface area (Å²) >= 11 is 0. The van der Waals surface area contributed by atoms with Gasteiger partial charge in [-0.1, -0.05) is 25.1 Å². The van der Waals surface area contributed by atoms with Gasteiger partial charge in [-0.2, -0.15) is 0 Å². The van der Waals surface area contributed by atoms with Crippen molar-refractivity contribution in [1.29, 1.82) is 0 Å². The van der Waals surface area contributed by atoms with Crippen molar-refractivity contribution in [2.45, 2.75) is 33.8 Å². The van der Waals surface area contributed by atoms with E-state index < -0.39 is 11.7 Å². The van der Waals surface area contributed by atoms with Gasteiger partial charge in [-0.25, -0.2) is 0 Å². The number of amides is 1. The lowest BCUT2D eigenvalue weighted by Crippen LogP contribution is -2.28. The van der Waals surface area contributed by atoms with Crippen molar-refractivity contribution in [3.8, 4) is 11.5 Å². The van der Waals surface area contributed by atoms with Crippen LogP contribution >= 0.6 is 0 Å². The van der Waals surface area contributed by atoms with Gasteiger partial charge in [-0.05, 0) is 49.1 Å². The summed E-state index contributed by atoms with van der Waals surface area (Å²) in [7, 11) is 2.95. The smallest absolute Gasteiger partial charge is 0.292 e. The Morgan fingerprint density at radius 1 is 1.08 bits per heavy atom. The van der Waals surface area contributed by atoms with E-state index in [2.05, 4.69) is 25.2 Å². The van der Waals surface area contributed by atoms with Gasteiger partial charge < -0.3 is 14.8 Å². The Morgan fingerprint density at radius 2 is 1.81 bits per heavy atom.